The molecule has 29 heavy (non-hydrogen) atoms. The van der Waals surface area contributed by atoms with Crippen LogP contribution in [0.25, 0.3) is 0 Å². The summed E-state index contributed by atoms with van der Waals surface area (Å²) in [4.78, 5) is 15.2. The molecule has 1 fully saturated rings. The zero-order valence-corrected chi connectivity index (χ0v) is 17.7. The van der Waals surface area contributed by atoms with Crippen LogP contribution in [0.1, 0.15) is 18.4 Å². The Kier molecular flexibility index (Phi) is 5.31. The zero-order chi connectivity index (χ0) is 20.6. The first-order valence-electron chi connectivity index (χ1n) is 9.55. The van der Waals surface area contributed by atoms with Crippen LogP contribution in [0.5, 0.6) is 5.75 Å². The van der Waals surface area contributed by atoms with Crippen molar-refractivity contribution in [2.45, 2.75) is 23.2 Å². The third-order valence-corrected chi connectivity index (χ3v) is 7.18. The van der Waals surface area contributed by atoms with Crippen molar-refractivity contribution < 1.29 is 17.9 Å². The molecule has 2 heterocycles. The molecule has 0 unspecified atom stereocenters. The number of nitrogens with one attached hydrogen (secondary N) is 1. The molecule has 2 aromatic carbocycles. The Bertz CT molecular complexity index is 1030. The molecule has 4 rings (SSSR count). The molecule has 1 saturated heterocycles. The molecular formula is C21H23ClN2O4S. The minimum Gasteiger partial charge on any atom is -0.492 e. The first-order chi connectivity index (χ1) is 13.8. The highest BCUT2D eigenvalue weighted by molar-refractivity contribution is 7.90. The van der Waals surface area contributed by atoms with Gasteiger partial charge in [-0.1, -0.05) is 11.6 Å². The lowest BCUT2D eigenvalue weighted by Crippen LogP contribution is -2.47. The summed E-state index contributed by atoms with van der Waals surface area (Å²) in [6.07, 6.45) is 2.67. The van der Waals surface area contributed by atoms with Gasteiger partial charge in [0.15, 0.2) is 9.84 Å². The Hall–Kier alpha value is -2.09. The van der Waals surface area contributed by atoms with Crippen LogP contribution in [0, 0.1) is 0 Å². The number of hydrogen-bond donors (Lipinski definition) is 1. The van der Waals surface area contributed by atoms with E-state index in [-0.39, 0.29) is 10.8 Å². The Morgan fingerprint density at radius 3 is 2.48 bits per heavy atom. The number of benzene rings is 2. The molecule has 1 N–H and O–H groups in total. The summed E-state index contributed by atoms with van der Waals surface area (Å²) in [6.45, 7) is 2.85. The fraction of sp³-hybridized carbons (Fsp3) is 0.381. The number of fused-ring (bicyclic) bond motifs is 2. The summed E-state index contributed by atoms with van der Waals surface area (Å²) in [5.41, 5.74) is 1.39. The lowest BCUT2D eigenvalue weighted by molar-refractivity contribution is -0.122. The monoisotopic (exact) mass is 434 g/mol. The van der Waals surface area contributed by atoms with Gasteiger partial charge in [-0.15, -0.1) is 0 Å². The van der Waals surface area contributed by atoms with Gasteiger partial charge in [0, 0.05) is 23.5 Å². The summed E-state index contributed by atoms with van der Waals surface area (Å²) >= 11 is 6.16. The van der Waals surface area contributed by atoms with Crippen molar-refractivity contribution in [3.05, 3.63) is 53.1 Å². The van der Waals surface area contributed by atoms with E-state index in [2.05, 4.69) is 10.2 Å². The quantitative estimate of drug-likeness (QED) is 0.782. The molecule has 2 aliphatic heterocycles. The molecule has 2 aliphatic rings. The van der Waals surface area contributed by atoms with E-state index in [1.807, 2.05) is 12.1 Å². The normalized spacial score (nSPS) is 18.5. The molecule has 0 saturated carbocycles. The summed E-state index contributed by atoms with van der Waals surface area (Å²) in [7, 11) is -3.20. The minimum atomic E-state index is -3.20. The van der Waals surface area contributed by atoms with Crippen molar-refractivity contribution in [1.29, 1.82) is 0 Å². The number of anilines is 1. The molecule has 0 aliphatic carbocycles. The van der Waals surface area contributed by atoms with Crippen molar-refractivity contribution in [1.82, 2.24) is 4.90 Å². The first-order valence-corrected chi connectivity index (χ1v) is 11.8. The molecule has 0 aromatic heterocycles. The maximum Gasteiger partial charge on any atom is 0.235 e. The number of piperidine rings is 1. The highest BCUT2D eigenvalue weighted by Gasteiger charge is 2.48. The molecule has 8 heteroatoms. The third kappa shape index (κ3) is 3.99. The summed E-state index contributed by atoms with van der Waals surface area (Å²) in [5, 5.41) is 3.65. The van der Waals surface area contributed by atoms with Crippen molar-refractivity contribution in [2.75, 3.05) is 37.8 Å². The second-order valence-corrected chi connectivity index (χ2v) is 10.1. The van der Waals surface area contributed by atoms with E-state index in [0.717, 1.165) is 43.7 Å². The zero-order valence-electron chi connectivity index (χ0n) is 16.2. The molecule has 1 amide bonds. The smallest absolute Gasteiger partial charge is 0.235 e. The number of hydrogen-bond acceptors (Lipinski definition) is 5. The number of nitrogens with zero attached hydrogens (tertiary/aromatic N) is 1. The predicted molar refractivity (Wildman–Crippen MR) is 112 cm³/mol. The van der Waals surface area contributed by atoms with Crippen molar-refractivity contribution in [2.24, 2.45) is 0 Å². The maximum atomic E-state index is 12.7. The average Bonchev–Trinajstić information content (AvgIpc) is 2.94. The van der Waals surface area contributed by atoms with Crippen molar-refractivity contribution in [3.8, 4) is 5.75 Å². The Morgan fingerprint density at radius 1 is 1.14 bits per heavy atom. The molecule has 0 radical (unpaired) electrons. The first kappa shape index (κ1) is 20.2. The standard InChI is InChI=1S/C21H23ClN2O4S/c1-29(26,27)17-5-3-16(4-6-17)28-13-12-24-10-8-21(9-11-24)18-14-15(22)2-7-19(18)23-20(21)25/h2-7,14H,8-13H2,1H3,(H,23,25). The average molecular weight is 435 g/mol. The number of carbonyl (C=O) groups excluding carboxylic acids is 1. The topological polar surface area (TPSA) is 75.7 Å². The van der Waals surface area contributed by atoms with E-state index in [9.17, 15) is 13.2 Å². The molecule has 2 aromatic rings. The van der Waals surface area contributed by atoms with Gasteiger partial charge in [-0.3, -0.25) is 9.69 Å². The number of likely N-dealkylation sites (tertiary alicyclic amines) is 1. The highest BCUT2D eigenvalue weighted by atomic mass is 35.5. The van der Waals surface area contributed by atoms with E-state index >= 15 is 0 Å². The van der Waals surface area contributed by atoms with Crippen LogP contribution in [0.3, 0.4) is 0 Å². The van der Waals surface area contributed by atoms with Gasteiger partial charge in [-0.05, 0) is 74.0 Å². The Morgan fingerprint density at radius 2 is 1.83 bits per heavy atom. The second-order valence-electron chi connectivity index (χ2n) is 7.66. The molecule has 6 nitrogen and oxygen atoms in total. The molecular weight excluding hydrogens is 412 g/mol. The number of sulfone groups is 1. The lowest BCUT2D eigenvalue weighted by atomic mass is 9.73. The maximum absolute atomic E-state index is 12.7. The van der Waals surface area contributed by atoms with Crippen LogP contribution in [-0.2, 0) is 20.0 Å². The molecule has 0 atom stereocenters. The summed E-state index contributed by atoms with van der Waals surface area (Å²) in [6, 6.07) is 12.0. The highest BCUT2D eigenvalue weighted by Crippen LogP contribution is 2.45. The van der Waals surface area contributed by atoms with Crippen LogP contribution in [0.2, 0.25) is 5.02 Å². The molecule has 154 valence electrons. The van der Waals surface area contributed by atoms with Gasteiger partial charge in [0.1, 0.15) is 12.4 Å². The van der Waals surface area contributed by atoms with Gasteiger partial charge in [-0.2, -0.15) is 0 Å². The van der Waals surface area contributed by atoms with E-state index in [0.29, 0.717) is 17.4 Å². The fourth-order valence-electron chi connectivity index (χ4n) is 4.12. The number of rotatable bonds is 5. The van der Waals surface area contributed by atoms with E-state index in [4.69, 9.17) is 16.3 Å². The second kappa shape index (κ2) is 7.63. The van der Waals surface area contributed by atoms with Crippen LogP contribution in [-0.4, -0.2) is 51.7 Å². The number of halogens is 1. The SMILES string of the molecule is CS(=O)(=O)c1ccc(OCCN2CCC3(CC2)C(=O)Nc2ccc(Cl)cc23)cc1. The fourth-order valence-corrected chi connectivity index (χ4v) is 4.92. The minimum absolute atomic E-state index is 0.0663. The Balaban J connectivity index is 1.32. The summed E-state index contributed by atoms with van der Waals surface area (Å²) in [5.74, 6) is 0.709. The van der Waals surface area contributed by atoms with Gasteiger partial charge in [0.2, 0.25) is 5.91 Å². The van der Waals surface area contributed by atoms with Crippen molar-refractivity contribution >= 4 is 33.0 Å². The van der Waals surface area contributed by atoms with Crippen LogP contribution >= 0.6 is 11.6 Å². The number of amides is 1. The van der Waals surface area contributed by atoms with E-state index in [1.165, 1.54) is 6.26 Å². The largest absolute Gasteiger partial charge is 0.492 e. The predicted octanol–water partition coefficient (Wildman–Crippen LogP) is 3.11. The van der Waals surface area contributed by atoms with Crippen LogP contribution in [0.4, 0.5) is 5.69 Å². The van der Waals surface area contributed by atoms with Gasteiger partial charge in [-0.25, -0.2) is 8.42 Å². The van der Waals surface area contributed by atoms with Crippen molar-refractivity contribution in [3.63, 3.8) is 0 Å². The number of ether oxygens (including phenoxy) is 1. The Labute approximate surface area is 175 Å². The summed E-state index contributed by atoms with van der Waals surface area (Å²) < 4.78 is 28.8. The number of carbonyl (C=O) groups is 1. The van der Waals surface area contributed by atoms with Crippen LogP contribution in [0.15, 0.2) is 47.4 Å². The third-order valence-electron chi connectivity index (χ3n) is 5.82. The molecule has 1 spiro atoms. The van der Waals surface area contributed by atoms with Gasteiger partial charge < -0.3 is 10.1 Å². The molecule has 0 bridgehead atoms. The van der Waals surface area contributed by atoms with Crippen LogP contribution < -0.4 is 10.1 Å². The van der Waals surface area contributed by atoms with Gasteiger partial charge in [0.25, 0.3) is 0 Å². The van der Waals surface area contributed by atoms with Gasteiger partial charge >= 0.3 is 0 Å². The van der Waals surface area contributed by atoms with Gasteiger partial charge in [0.05, 0.1) is 10.3 Å². The van der Waals surface area contributed by atoms with E-state index < -0.39 is 15.3 Å². The lowest BCUT2D eigenvalue weighted by Gasteiger charge is -2.37. The van der Waals surface area contributed by atoms with E-state index in [1.54, 1.807) is 30.3 Å².